The van der Waals surface area contributed by atoms with Crippen LogP contribution in [0.25, 0.3) is 6.08 Å². The van der Waals surface area contributed by atoms with Crippen LogP contribution >= 0.6 is 39.3 Å². The molecule has 0 aliphatic carbocycles. The Hall–Kier alpha value is -3.65. The molecule has 0 fully saturated rings. The molecule has 4 rings (SSSR count). The molecule has 0 saturated carbocycles. The van der Waals surface area contributed by atoms with Gasteiger partial charge in [0, 0.05) is 31.2 Å². The maximum Gasteiger partial charge on any atom is 0.272 e. The molecule has 0 saturated heterocycles. The number of hydrogen-bond donors (Lipinski definition) is 2. The predicted molar refractivity (Wildman–Crippen MR) is 158 cm³/mol. The van der Waals surface area contributed by atoms with E-state index < -0.39 is 11.8 Å². The monoisotopic (exact) mass is 604 g/mol. The summed E-state index contributed by atoms with van der Waals surface area (Å²) in [7, 11) is 0. The van der Waals surface area contributed by atoms with E-state index in [1.807, 2.05) is 36.4 Å². The lowest BCUT2D eigenvalue weighted by molar-refractivity contribution is -0.113. The first-order valence-corrected chi connectivity index (χ1v) is 13.7. The van der Waals surface area contributed by atoms with Gasteiger partial charge in [0.15, 0.2) is 5.78 Å². The van der Waals surface area contributed by atoms with Crippen LogP contribution in [0.4, 0.5) is 5.69 Å². The lowest BCUT2D eigenvalue weighted by Gasteiger charge is -2.12. The normalized spacial score (nSPS) is 11.1. The highest BCUT2D eigenvalue weighted by Gasteiger charge is 2.16. The Morgan fingerprint density at radius 1 is 0.816 bits per heavy atom. The highest BCUT2D eigenvalue weighted by Crippen LogP contribution is 2.24. The Balaban J connectivity index is 1.49. The highest BCUT2D eigenvalue weighted by atomic mass is 79.9. The van der Waals surface area contributed by atoms with Crippen molar-refractivity contribution in [1.29, 1.82) is 0 Å². The maximum atomic E-state index is 13.3. The zero-order chi connectivity index (χ0) is 26.9. The second-order valence-electron chi connectivity index (χ2n) is 8.13. The van der Waals surface area contributed by atoms with Crippen LogP contribution in [-0.4, -0.2) is 23.4 Å². The second kappa shape index (κ2) is 13.2. The lowest BCUT2D eigenvalue weighted by Crippen LogP contribution is -2.30. The fourth-order valence-electron chi connectivity index (χ4n) is 3.44. The quantitative estimate of drug-likeness (QED) is 0.118. The summed E-state index contributed by atoms with van der Waals surface area (Å²) in [6.07, 6.45) is 1.62. The van der Waals surface area contributed by atoms with E-state index in [9.17, 15) is 14.4 Å². The number of rotatable bonds is 9. The van der Waals surface area contributed by atoms with Crippen molar-refractivity contribution in [1.82, 2.24) is 5.32 Å². The number of thioether (sulfide) groups is 1. The number of nitrogens with one attached hydrogen (secondary N) is 2. The fraction of sp³-hybridized carbons (Fsp3) is 0.0333. The van der Waals surface area contributed by atoms with Crippen LogP contribution in [0.2, 0.25) is 5.02 Å². The minimum atomic E-state index is -0.478. The number of amides is 2. The zero-order valence-electron chi connectivity index (χ0n) is 20.0. The average molecular weight is 606 g/mol. The molecule has 8 heteroatoms. The molecule has 4 aromatic rings. The molecule has 0 aromatic heterocycles. The van der Waals surface area contributed by atoms with Crippen molar-refractivity contribution in [3.63, 3.8) is 0 Å². The van der Waals surface area contributed by atoms with Gasteiger partial charge in [-0.3, -0.25) is 14.4 Å². The molecule has 0 bridgehead atoms. The van der Waals surface area contributed by atoms with E-state index in [4.69, 9.17) is 11.6 Å². The number of hydrogen-bond acceptors (Lipinski definition) is 4. The molecule has 2 amide bonds. The standard InChI is InChI=1S/C30H22BrClN2O3S/c31-23-9-4-6-20(16-23)17-27(34-29(36)22-7-2-1-3-8-22)30(37)33-25-10-5-11-26(18-25)38-19-28(35)21-12-14-24(32)15-13-21/h1-18H,19H2,(H,33,37)(H,34,36)/b27-17-. The van der Waals surface area contributed by atoms with Gasteiger partial charge >= 0.3 is 0 Å². The SMILES string of the molecule is O=C(Nc1cccc(SCC(=O)c2ccc(Cl)cc2)c1)/C(=C/c1cccc(Br)c1)NC(=O)c1ccccc1. The first kappa shape index (κ1) is 27.4. The van der Waals surface area contributed by atoms with Crippen LogP contribution < -0.4 is 10.6 Å². The Morgan fingerprint density at radius 2 is 1.55 bits per heavy atom. The third kappa shape index (κ3) is 7.92. The third-order valence-electron chi connectivity index (χ3n) is 5.32. The Bertz CT molecular complexity index is 1490. The molecule has 0 unspecified atom stereocenters. The van der Waals surface area contributed by atoms with Crippen LogP contribution in [-0.2, 0) is 4.79 Å². The van der Waals surface area contributed by atoms with Crippen molar-refractivity contribution in [2.24, 2.45) is 0 Å². The van der Waals surface area contributed by atoms with Crippen LogP contribution in [0.5, 0.6) is 0 Å². The Morgan fingerprint density at radius 3 is 2.29 bits per heavy atom. The topological polar surface area (TPSA) is 75.3 Å². The van der Waals surface area contributed by atoms with Gasteiger partial charge < -0.3 is 10.6 Å². The smallest absolute Gasteiger partial charge is 0.272 e. The van der Waals surface area contributed by atoms with Gasteiger partial charge in [-0.15, -0.1) is 11.8 Å². The van der Waals surface area contributed by atoms with Gasteiger partial charge in [-0.2, -0.15) is 0 Å². The molecule has 38 heavy (non-hydrogen) atoms. The first-order chi connectivity index (χ1) is 18.4. The molecule has 0 aliphatic heterocycles. The summed E-state index contributed by atoms with van der Waals surface area (Å²) < 4.78 is 0.846. The molecular formula is C30H22BrClN2O3S. The Kier molecular flexibility index (Phi) is 9.54. The van der Waals surface area contributed by atoms with Gasteiger partial charge in [-0.25, -0.2) is 0 Å². The molecule has 0 spiro atoms. The van der Waals surface area contributed by atoms with Gasteiger partial charge in [0.2, 0.25) is 0 Å². The number of ketones is 1. The van der Waals surface area contributed by atoms with E-state index in [-0.39, 0.29) is 17.2 Å². The van der Waals surface area contributed by atoms with Gasteiger partial charge in [0.05, 0.1) is 5.75 Å². The molecule has 190 valence electrons. The van der Waals surface area contributed by atoms with E-state index in [0.717, 1.165) is 14.9 Å². The number of halogens is 2. The van der Waals surface area contributed by atoms with E-state index in [1.165, 1.54) is 11.8 Å². The molecule has 0 aliphatic rings. The van der Waals surface area contributed by atoms with Gasteiger partial charge in [0.1, 0.15) is 5.70 Å². The summed E-state index contributed by atoms with van der Waals surface area (Å²) in [6.45, 7) is 0. The summed E-state index contributed by atoms with van der Waals surface area (Å²) in [6, 6.07) is 30.0. The minimum absolute atomic E-state index is 0.0241. The summed E-state index contributed by atoms with van der Waals surface area (Å²) in [4.78, 5) is 39.4. The summed E-state index contributed by atoms with van der Waals surface area (Å²) >= 11 is 10.7. The van der Waals surface area contributed by atoms with E-state index >= 15 is 0 Å². The van der Waals surface area contributed by atoms with Crippen molar-refractivity contribution < 1.29 is 14.4 Å². The van der Waals surface area contributed by atoms with E-state index in [0.29, 0.717) is 21.8 Å². The second-order valence-corrected chi connectivity index (χ2v) is 10.5. The number of Topliss-reactive ketones (excluding diaryl/α,β-unsaturated/α-hetero) is 1. The average Bonchev–Trinajstić information content (AvgIpc) is 2.92. The van der Waals surface area contributed by atoms with Crippen LogP contribution in [0.15, 0.2) is 118 Å². The molecule has 0 atom stereocenters. The molecule has 4 aromatic carbocycles. The minimum Gasteiger partial charge on any atom is -0.321 e. The van der Waals surface area contributed by atoms with Crippen LogP contribution in [0.3, 0.4) is 0 Å². The van der Waals surface area contributed by atoms with E-state index in [1.54, 1.807) is 72.8 Å². The van der Waals surface area contributed by atoms with Gasteiger partial charge in [-0.1, -0.05) is 63.9 Å². The van der Waals surface area contributed by atoms with Crippen molar-refractivity contribution in [3.8, 4) is 0 Å². The van der Waals surface area contributed by atoms with Crippen molar-refractivity contribution in [3.05, 3.63) is 135 Å². The van der Waals surface area contributed by atoms with E-state index in [2.05, 4.69) is 26.6 Å². The number of carbonyl (C=O) groups is 3. The molecule has 0 radical (unpaired) electrons. The highest BCUT2D eigenvalue weighted by molar-refractivity contribution is 9.10. The van der Waals surface area contributed by atoms with Gasteiger partial charge in [-0.05, 0) is 78.4 Å². The molecular weight excluding hydrogens is 584 g/mol. The summed E-state index contributed by atoms with van der Waals surface area (Å²) in [5, 5.41) is 6.16. The van der Waals surface area contributed by atoms with Crippen molar-refractivity contribution >= 4 is 68.7 Å². The van der Waals surface area contributed by atoms with Crippen LogP contribution in [0, 0.1) is 0 Å². The molecule has 2 N–H and O–H groups in total. The Labute approximate surface area is 238 Å². The first-order valence-electron chi connectivity index (χ1n) is 11.5. The van der Waals surface area contributed by atoms with Crippen LogP contribution in [0.1, 0.15) is 26.3 Å². The number of anilines is 1. The maximum absolute atomic E-state index is 13.3. The summed E-state index contributed by atoms with van der Waals surface area (Å²) in [5.41, 5.74) is 2.39. The lowest BCUT2D eigenvalue weighted by atomic mass is 10.1. The van der Waals surface area contributed by atoms with Crippen molar-refractivity contribution in [2.45, 2.75) is 4.90 Å². The number of benzene rings is 4. The fourth-order valence-corrected chi connectivity index (χ4v) is 4.83. The third-order valence-corrected chi connectivity index (χ3v) is 7.06. The molecule has 0 heterocycles. The predicted octanol–water partition coefficient (Wildman–Crippen LogP) is 7.49. The van der Waals surface area contributed by atoms with Crippen molar-refractivity contribution in [2.75, 3.05) is 11.1 Å². The zero-order valence-corrected chi connectivity index (χ0v) is 23.1. The molecule has 5 nitrogen and oxygen atoms in total. The largest absolute Gasteiger partial charge is 0.321 e. The number of carbonyl (C=O) groups excluding carboxylic acids is 3. The van der Waals surface area contributed by atoms with Gasteiger partial charge in [0.25, 0.3) is 11.8 Å². The summed E-state index contributed by atoms with van der Waals surface area (Å²) in [5.74, 6) is -0.662.